The fourth-order valence-electron chi connectivity index (χ4n) is 2.94. The highest BCUT2D eigenvalue weighted by Crippen LogP contribution is 2.25. The molecule has 1 N–H and O–H groups in total. The number of hydrogen-bond donors (Lipinski definition) is 1. The molecule has 1 heterocycles. The van der Waals surface area contributed by atoms with Gasteiger partial charge in [0, 0.05) is 44.3 Å². The number of ether oxygens (including phenoxy) is 1. The summed E-state index contributed by atoms with van der Waals surface area (Å²) >= 11 is 0. The number of benzene rings is 1. The molecule has 0 spiro atoms. The molecule has 2 rings (SSSR count). The van der Waals surface area contributed by atoms with Crippen LogP contribution >= 0.6 is 0 Å². The SMILES string of the molecule is CCCCNc1ncnc2cc(N(CC)CCN(C)C(=O)OC(C)(C)C)ccc12. The highest BCUT2D eigenvalue weighted by atomic mass is 16.6. The van der Waals surface area contributed by atoms with Gasteiger partial charge in [0.25, 0.3) is 0 Å². The van der Waals surface area contributed by atoms with E-state index < -0.39 is 5.60 Å². The summed E-state index contributed by atoms with van der Waals surface area (Å²) in [4.78, 5) is 24.9. The van der Waals surface area contributed by atoms with Crippen LogP contribution in [0.2, 0.25) is 0 Å². The minimum atomic E-state index is -0.489. The van der Waals surface area contributed by atoms with E-state index in [9.17, 15) is 4.79 Å². The van der Waals surface area contributed by atoms with Crippen molar-refractivity contribution in [1.29, 1.82) is 0 Å². The van der Waals surface area contributed by atoms with Gasteiger partial charge in [-0.25, -0.2) is 14.8 Å². The number of hydrogen-bond acceptors (Lipinski definition) is 6. The summed E-state index contributed by atoms with van der Waals surface area (Å²) in [6.07, 6.45) is 3.55. The topological polar surface area (TPSA) is 70.6 Å². The third-order valence-corrected chi connectivity index (χ3v) is 4.60. The van der Waals surface area contributed by atoms with E-state index in [1.807, 2.05) is 20.8 Å². The van der Waals surface area contributed by atoms with E-state index in [-0.39, 0.29) is 6.09 Å². The van der Waals surface area contributed by atoms with Crippen LogP contribution < -0.4 is 10.2 Å². The van der Waals surface area contributed by atoms with Crippen LogP contribution in [0.25, 0.3) is 10.9 Å². The maximum atomic E-state index is 12.2. The molecule has 29 heavy (non-hydrogen) atoms. The molecule has 0 aliphatic rings. The zero-order valence-corrected chi connectivity index (χ0v) is 18.7. The van der Waals surface area contributed by atoms with Crippen LogP contribution in [0.4, 0.5) is 16.3 Å². The molecule has 1 amide bonds. The van der Waals surface area contributed by atoms with Crippen molar-refractivity contribution in [3.05, 3.63) is 24.5 Å². The molecule has 0 saturated carbocycles. The molecular formula is C22H35N5O2. The van der Waals surface area contributed by atoms with E-state index in [1.54, 1.807) is 18.3 Å². The first-order valence-corrected chi connectivity index (χ1v) is 10.4. The summed E-state index contributed by atoms with van der Waals surface area (Å²) in [7, 11) is 1.77. The highest BCUT2D eigenvalue weighted by Gasteiger charge is 2.20. The Kier molecular flexibility index (Phi) is 8.05. The second kappa shape index (κ2) is 10.3. The van der Waals surface area contributed by atoms with Crippen molar-refractivity contribution in [1.82, 2.24) is 14.9 Å². The standard InChI is InChI=1S/C22H35N5O2/c1-7-9-12-23-20-18-11-10-17(15-19(18)24-16-25-20)27(8-2)14-13-26(6)21(28)29-22(3,4)5/h10-11,15-16H,7-9,12-14H2,1-6H3,(H,23,24,25). The van der Waals surface area contributed by atoms with Gasteiger partial charge in [-0.2, -0.15) is 0 Å². The molecule has 7 nitrogen and oxygen atoms in total. The number of likely N-dealkylation sites (N-methyl/N-ethyl adjacent to an activating group) is 2. The normalized spacial score (nSPS) is 11.4. The van der Waals surface area contributed by atoms with Gasteiger partial charge >= 0.3 is 6.09 Å². The number of amides is 1. The fraction of sp³-hybridized carbons (Fsp3) is 0.591. The summed E-state index contributed by atoms with van der Waals surface area (Å²) < 4.78 is 5.43. The van der Waals surface area contributed by atoms with Crippen molar-refractivity contribution in [2.45, 2.75) is 53.1 Å². The Labute approximate surface area is 174 Å². The predicted octanol–water partition coefficient (Wildman–Crippen LogP) is 4.54. The Morgan fingerprint density at radius 2 is 1.93 bits per heavy atom. The van der Waals surface area contributed by atoms with Gasteiger partial charge in [-0.1, -0.05) is 13.3 Å². The van der Waals surface area contributed by atoms with Gasteiger partial charge in [-0.15, -0.1) is 0 Å². The molecule has 2 aromatic rings. The second-order valence-corrected chi connectivity index (χ2v) is 8.19. The quantitative estimate of drug-likeness (QED) is 0.622. The van der Waals surface area contributed by atoms with Crippen LogP contribution in [-0.2, 0) is 4.74 Å². The molecular weight excluding hydrogens is 366 g/mol. The maximum Gasteiger partial charge on any atom is 0.410 e. The van der Waals surface area contributed by atoms with Gasteiger partial charge in [0.1, 0.15) is 17.7 Å². The van der Waals surface area contributed by atoms with E-state index in [0.29, 0.717) is 13.1 Å². The van der Waals surface area contributed by atoms with Gasteiger partial charge in [0.2, 0.25) is 0 Å². The average molecular weight is 402 g/mol. The fourth-order valence-corrected chi connectivity index (χ4v) is 2.94. The first kappa shape index (κ1) is 22.7. The van der Waals surface area contributed by atoms with Gasteiger partial charge in [-0.05, 0) is 52.3 Å². The summed E-state index contributed by atoms with van der Waals surface area (Å²) in [6.45, 7) is 12.9. The van der Waals surface area contributed by atoms with Gasteiger partial charge in [0.05, 0.1) is 5.52 Å². The van der Waals surface area contributed by atoms with E-state index in [2.05, 4.69) is 52.2 Å². The first-order chi connectivity index (χ1) is 13.7. The number of unbranched alkanes of at least 4 members (excludes halogenated alkanes) is 1. The summed E-state index contributed by atoms with van der Waals surface area (Å²) in [6, 6.07) is 6.24. The van der Waals surface area contributed by atoms with Crippen molar-refractivity contribution in [2.75, 3.05) is 43.4 Å². The minimum absolute atomic E-state index is 0.303. The van der Waals surface area contributed by atoms with Gasteiger partial charge in [0.15, 0.2) is 0 Å². The average Bonchev–Trinajstić information content (AvgIpc) is 2.67. The first-order valence-electron chi connectivity index (χ1n) is 10.4. The number of aromatic nitrogens is 2. The molecule has 7 heteroatoms. The zero-order chi connectivity index (χ0) is 21.4. The van der Waals surface area contributed by atoms with Crippen LogP contribution in [0.1, 0.15) is 47.5 Å². The minimum Gasteiger partial charge on any atom is -0.444 e. The number of anilines is 2. The molecule has 0 aliphatic carbocycles. The number of carbonyl (C=O) groups is 1. The number of fused-ring (bicyclic) bond motifs is 1. The summed E-state index contributed by atoms with van der Waals surface area (Å²) in [5, 5.41) is 4.42. The maximum absolute atomic E-state index is 12.2. The lowest BCUT2D eigenvalue weighted by molar-refractivity contribution is 0.0303. The third-order valence-electron chi connectivity index (χ3n) is 4.60. The van der Waals surface area contributed by atoms with Crippen LogP contribution in [0.15, 0.2) is 24.5 Å². The molecule has 0 radical (unpaired) electrons. The van der Waals surface area contributed by atoms with Gasteiger partial charge in [-0.3, -0.25) is 0 Å². The Hall–Kier alpha value is -2.57. The van der Waals surface area contributed by atoms with E-state index in [4.69, 9.17) is 4.74 Å². The lowest BCUT2D eigenvalue weighted by Crippen LogP contribution is -2.39. The molecule has 1 aromatic heterocycles. The molecule has 160 valence electrons. The van der Waals surface area contributed by atoms with Crippen LogP contribution in [0.3, 0.4) is 0 Å². The summed E-state index contributed by atoms with van der Waals surface area (Å²) in [5.41, 5.74) is 1.50. The Morgan fingerprint density at radius 3 is 2.59 bits per heavy atom. The van der Waals surface area contributed by atoms with Crippen molar-refractivity contribution >= 4 is 28.5 Å². The van der Waals surface area contributed by atoms with Crippen LogP contribution in [0.5, 0.6) is 0 Å². The molecule has 0 bridgehead atoms. The van der Waals surface area contributed by atoms with Crippen LogP contribution in [0, 0.1) is 0 Å². The zero-order valence-electron chi connectivity index (χ0n) is 18.7. The Bertz CT molecular complexity index is 803. The highest BCUT2D eigenvalue weighted by molar-refractivity contribution is 5.91. The largest absolute Gasteiger partial charge is 0.444 e. The Balaban J connectivity index is 2.08. The molecule has 1 aromatic carbocycles. The van der Waals surface area contributed by atoms with E-state index in [0.717, 1.165) is 48.3 Å². The molecule has 0 aliphatic heterocycles. The number of nitrogens with zero attached hydrogens (tertiary/aromatic N) is 4. The van der Waals surface area contributed by atoms with E-state index in [1.165, 1.54) is 0 Å². The van der Waals surface area contributed by atoms with Crippen molar-refractivity contribution < 1.29 is 9.53 Å². The Morgan fingerprint density at radius 1 is 1.17 bits per heavy atom. The number of rotatable bonds is 9. The third kappa shape index (κ3) is 6.76. The second-order valence-electron chi connectivity index (χ2n) is 8.19. The smallest absolute Gasteiger partial charge is 0.410 e. The number of nitrogens with one attached hydrogen (secondary N) is 1. The monoisotopic (exact) mass is 401 g/mol. The molecule has 0 atom stereocenters. The summed E-state index contributed by atoms with van der Waals surface area (Å²) in [5.74, 6) is 0.878. The number of carbonyl (C=O) groups excluding carboxylic acids is 1. The lowest BCUT2D eigenvalue weighted by Gasteiger charge is -2.28. The van der Waals surface area contributed by atoms with Crippen molar-refractivity contribution in [3.63, 3.8) is 0 Å². The van der Waals surface area contributed by atoms with Crippen LogP contribution in [-0.4, -0.2) is 59.8 Å². The predicted molar refractivity (Wildman–Crippen MR) is 120 cm³/mol. The van der Waals surface area contributed by atoms with Crippen molar-refractivity contribution in [3.8, 4) is 0 Å². The molecule has 0 unspecified atom stereocenters. The molecule has 0 saturated heterocycles. The van der Waals surface area contributed by atoms with Gasteiger partial charge < -0.3 is 19.9 Å². The lowest BCUT2D eigenvalue weighted by atomic mass is 10.2. The molecule has 0 fully saturated rings. The van der Waals surface area contributed by atoms with Crippen molar-refractivity contribution in [2.24, 2.45) is 0 Å². The van der Waals surface area contributed by atoms with E-state index >= 15 is 0 Å².